The second kappa shape index (κ2) is 7.09. The van der Waals surface area contributed by atoms with Crippen LogP contribution in [0.15, 0.2) is 18.2 Å². The molecule has 82 valence electrons. The fraction of sp³-hybridized carbons (Fsp3) is 0.200. The molecule has 0 radical (unpaired) electrons. The smallest absolute Gasteiger partial charge is 0.325 e. The Balaban J connectivity index is 0.00000225. The number of aldehydes is 1. The predicted octanol–water partition coefficient (Wildman–Crippen LogP) is 0.369. The summed E-state index contributed by atoms with van der Waals surface area (Å²) in [6.45, 7) is -0.210. The van der Waals surface area contributed by atoms with Crippen molar-refractivity contribution in [3.05, 3.63) is 23.8 Å². The maximum atomic E-state index is 10.9. The third-order valence-electron chi connectivity index (χ3n) is 1.71. The molecule has 0 aromatic heterocycles. The van der Waals surface area contributed by atoms with E-state index in [1.165, 1.54) is 25.3 Å². The summed E-state index contributed by atoms with van der Waals surface area (Å²) in [5, 5.41) is 0. The van der Waals surface area contributed by atoms with Crippen LogP contribution in [0.1, 0.15) is 10.4 Å². The second-order valence-electron chi connectivity index (χ2n) is 2.71. The molecule has 0 saturated carbocycles. The first-order chi connectivity index (χ1) is 7.21. The van der Waals surface area contributed by atoms with Crippen molar-refractivity contribution in [2.24, 2.45) is 5.73 Å². The van der Waals surface area contributed by atoms with Gasteiger partial charge < -0.3 is 15.2 Å². The van der Waals surface area contributed by atoms with E-state index in [0.717, 1.165) is 0 Å². The molecular weight excluding hydrogens is 264 g/mol. The van der Waals surface area contributed by atoms with Crippen LogP contribution in [0.3, 0.4) is 0 Å². The van der Waals surface area contributed by atoms with Crippen LogP contribution in [0.4, 0.5) is 0 Å². The van der Waals surface area contributed by atoms with Gasteiger partial charge in [0, 0.05) is 25.0 Å². The Labute approximate surface area is 106 Å². The molecule has 0 atom stereocenters. The Kier molecular flexibility index (Phi) is 6.53. The molecule has 5 nitrogen and oxygen atoms in total. The molecule has 0 amide bonds. The van der Waals surface area contributed by atoms with Gasteiger partial charge in [0.1, 0.15) is 6.29 Å². The summed E-state index contributed by atoms with van der Waals surface area (Å²) in [4.78, 5) is 21.4. The van der Waals surface area contributed by atoms with E-state index in [9.17, 15) is 9.59 Å². The van der Waals surface area contributed by atoms with Crippen LogP contribution in [0.2, 0.25) is 0 Å². The van der Waals surface area contributed by atoms with E-state index in [4.69, 9.17) is 15.2 Å². The van der Waals surface area contributed by atoms with Gasteiger partial charge in [-0.25, -0.2) is 0 Å². The van der Waals surface area contributed by atoms with Gasteiger partial charge in [0.25, 0.3) is 0 Å². The second-order valence-corrected chi connectivity index (χ2v) is 2.71. The first-order valence-electron chi connectivity index (χ1n) is 4.25. The van der Waals surface area contributed by atoms with Gasteiger partial charge in [-0.05, 0) is 18.2 Å². The van der Waals surface area contributed by atoms with Crippen molar-refractivity contribution < 1.29 is 38.5 Å². The van der Waals surface area contributed by atoms with Gasteiger partial charge in [-0.1, -0.05) is 0 Å². The zero-order chi connectivity index (χ0) is 11.3. The average molecular weight is 275 g/mol. The minimum absolute atomic E-state index is 0. The Bertz CT molecular complexity index is 381. The van der Waals surface area contributed by atoms with E-state index in [2.05, 4.69) is 0 Å². The molecule has 16 heavy (non-hydrogen) atoms. The Morgan fingerprint density at radius 3 is 2.62 bits per heavy atom. The van der Waals surface area contributed by atoms with Crippen LogP contribution in [-0.4, -0.2) is 25.9 Å². The molecule has 1 rings (SSSR count). The standard InChI is InChI=1S/C10H11NO4.Zn/c1-14-9-4-7(6-12)2-3-8(9)15-10(13)5-11;/h2-4,6H,5,11H2,1H3;. The molecule has 0 bridgehead atoms. The number of esters is 1. The minimum atomic E-state index is -0.563. The van der Waals surface area contributed by atoms with Crippen LogP contribution in [0, 0.1) is 0 Å². The SMILES string of the molecule is COc1cc(C=O)ccc1OC(=O)CN.[Zn]. The number of carbonyl (C=O) groups is 2. The summed E-state index contributed by atoms with van der Waals surface area (Å²) in [5.74, 6) is 0.00658. The molecule has 0 heterocycles. The van der Waals surface area contributed by atoms with Gasteiger partial charge >= 0.3 is 5.97 Å². The Morgan fingerprint density at radius 1 is 1.44 bits per heavy atom. The fourth-order valence-corrected chi connectivity index (χ4v) is 1.01. The zero-order valence-electron chi connectivity index (χ0n) is 8.93. The molecule has 1 aromatic rings. The first-order valence-corrected chi connectivity index (χ1v) is 4.25. The molecule has 0 aliphatic rings. The van der Waals surface area contributed by atoms with Crippen molar-refractivity contribution >= 4 is 12.3 Å². The zero-order valence-corrected chi connectivity index (χ0v) is 11.9. The van der Waals surface area contributed by atoms with Crippen LogP contribution in [0.5, 0.6) is 11.5 Å². The van der Waals surface area contributed by atoms with Crippen LogP contribution in [-0.2, 0) is 24.3 Å². The van der Waals surface area contributed by atoms with E-state index in [1.807, 2.05) is 0 Å². The van der Waals surface area contributed by atoms with Crippen molar-refractivity contribution in [3.63, 3.8) is 0 Å². The van der Waals surface area contributed by atoms with Gasteiger partial charge in [-0.3, -0.25) is 9.59 Å². The van der Waals surface area contributed by atoms with Crippen molar-refractivity contribution in [1.29, 1.82) is 0 Å². The summed E-state index contributed by atoms with van der Waals surface area (Å²) in [6.07, 6.45) is 0.678. The molecule has 0 saturated heterocycles. The number of ether oxygens (including phenoxy) is 2. The van der Waals surface area contributed by atoms with Gasteiger partial charge in [0.2, 0.25) is 0 Å². The molecule has 6 heteroatoms. The summed E-state index contributed by atoms with van der Waals surface area (Å²) < 4.78 is 9.84. The number of benzene rings is 1. The summed E-state index contributed by atoms with van der Waals surface area (Å²) in [7, 11) is 1.42. The maximum absolute atomic E-state index is 10.9. The minimum Gasteiger partial charge on any atom is -0.493 e. The molecule has 0 unspecified atom stereocenters. The quantitative estimate of drug-likeness (QED) is 0.371. The molecule has 2 N–H and O–H groups in total. The molecule has 1 aromatic carbocycles. The molecule has 0 fully saturated rings. The van der Waals surface area contributed by atoms with E-state index in [-0.39, 0.29) is 31.8 Å². The van der Waals surface area contributed by atoms with Crippen LogP contribution in [0.25, 0.3) is 0 Å². The number of rotatable bonds is 4. The third kappa shape index (κ3) is 3.72. The Morgan fingerprint density at radius 2 is 2.12 bits per heavy atom. The number of hydrogen-bond donors (Lipinski definition) is 1. The van der Waals surface area contributed by atoms with Crippen molar-refractivity contribution in [2.75, 3.05) is 13.7 Å². The van der Waals surface area contributed by atoms with Crippen molar-refractivity contribution in [2.45, 2.75) is 0 Å². The summed E-state index contributed by atoms with van der Waals surface area (Å²) >= 11 is 0. The summed E-state index contributed by atoms with van der Waals surface area (Å²) in [5.41, 5.74) is 5.54. The van der Waals surface area contributed by atoms with E-state index in [0.29, 0.717) is 17.6 Å². The van der Waals surface area contributed by atoms with Crippen LogP contribution < -0.4 is 15.2 Å². The topological polar surface area (TPSA) is 78.6 Å². The van der Waals surface area contributed by atoms with Gasteiger partial charge in [0.05, 0.1) is 13.7 Å². The van der Waals surface area contributed by atoms with E-state index < -0.39 is 5.97 Å². The fourth-order valence-electron chi connectivity index (χ4n) is 1.01. The van der Waals surface area contributed by atoms with Crippen molar-refractivity contribution in [1.82, 2.24) is 0 Å². The van der Waals surface area contributed by atoms with E-state index in [1.54, 1.807) is 0 Å². The normalized spacial score (nSPS) is 8.88. The molecule has 0 spiro atoms. The number of nitrogens with two attached hydrogens (primary N) is 1. The predicted molar refractivity (Wildman–Crippen MR) is 53.1 cm³/mol. The monoisotopic (exact) mass is 273 g/mol. The average Bonchev–Trinajstić information content (AvgIpc) is 2.29. The van der Waals surface area contributed by atoms with Gasteiger partial charge in [0.15, 0.2) is 11.5 Å². The number of hydrogen-bond acceptors (Lipinski definition) is 5. The molecule has 0 aliphatic heterocycles. The van der Waals surface area contributed by atoms with Crippen molar-refractivity contribution in [3.8, 4) is 11.5 Å². The van der Waals surface area contributed by atoms with Crippen LogP contribution >= 0.6 is 0 Å². The molecule has 0 aliphatic carbocycles. The maximum Gasteiger partial charge on any atom is 0.325 e. The van der Waals surface area contributed by atoms with E-state index >= 15 is 0 Å². The summed E-state index contributed by atoms with van der Waals surface area (Å²) in [6, 6.07) is 4.48. The molecular formula is C10H11NO4Zn. The third-order valence-corrected chi connectivity index (χ3v) is 1.71. The number of carbonyl (C=O) groups excluding carboxylic acids is 2. The Hall–Kier alpha value is -1.26. The largest absolute Gasteiger partial charge is 0.493 e. The van der Waals surface area contributed by atoms with Gasteiger partial charge in [-0.2, -0.15) is 0 Å². The first kappa shape index (κ1) is 14.7. The number of methoxy groups -OCH3 is 1. The van der Waals surface area contributed by atoms with Gasteiger partial charge in [-0.15, -0.1) is 0 Å².